The Kier molecular flexibility index (Phi) is 6.65. The highest BCUT2D eigenvalue weighted by Crippen LogP contribution is 2.21. The summed E-state index contributed by atoms with van der Waals surface area (Å²) in [6, 6.07) is 7.07. The summed E-state index contributed by atoms with van der Waals surface area (Å²) in [5, 5.41) is 15.2. The van der Waals surface area contributed by atoms with Crippen LogP contribution in [0.1, 0.15) is 39.6 Å². The number of nitrogens with zero attached hydrogens (tertiary/aromatic N) is 4. The van der Waals surface area contributed by atoms with E-state index in [1.165, 1.54) is 23.1 Å². The van der Waals surface area contributed by atoms with E-state index in [0.717, 1.165) is 10.4 Å². The van der Waals surface area contributed by atoms with Gasteiger partial charge in [0.25, 0.3) is 5.91 Å². The standard InChI is InChI=1S/C19H22N6O2S2/c1-11-6-5-7-14(8-11)17(27)21-13(3)16-23-24-19(25(16)4)28-10-15(26)22-18-20-9-12(2)29-18/h5-9,13H,10H2,1-4H3,(H,21,27)(H,20,22,26)/t13-/m0/s1. The van der Waals surface area contributed by atoms with Crippen molar-refractivity contribution in [1.82, 2.24) is 25.1 Å². The summed E-state index contributed by atoms with van der Waals surface area (Å²) in [7, 11) is 1.81. The van der Waals surface area contributed by atoms with Crippen LogP contribution in [0.2, 0.25) is 0 Å². The highest BCUT2D eigenvalue weighted by atomic mass is 32.2. The van der Waals surface area contributed by atoms with Crippen LogP contribution in [-0.4, -0.2) is 37.3 Å². The number of aromatic nitrogens is 4. The van der Waals surface area contributed by atoms with E-state index in [0.29, 0.717) is 21.7 Å². The van der Waals surface area contributed by atoms with Crippen molar-refractivity contribution in [2.45, 2.75) is 32.0 Å². The first kappa shape index (κ1) is 21.0. The third kappa shape index (κ3) is 5.42. The number of aryl methyl sites for hydroxylation is 2. The molecule has 0 aliphatic heterocycles. The molecule has 3 rings (SSSR count). The van der Waals surface area contributed by atoms with E-state index in [1.54, 1.807) is 16.8 Å². The lowest BCUT2D eigenvalue weighted by Gasteiger charge is -2.14. The molecule has 0 spiro atoms. The van der Waals surface area contributed by atoms with Crippen molar-refractivity contribution in [2.24, 2.45) is 7.05 Å². The zero-order valence-corrected chi connectivity index (χ0v) is 18.2. The molecule has 2 amide bonds. The molecule has 2 N–H and O–H groups in total. The molecular weight excluding hydrogens is 408 g/mol. The van der Waals surface area contributed by atoms with Gasteiger partial charge < -0.3 is 15.2 Å². The Bertz CT molecular complexity index is 1030. The van der Waals surface area contributed by atoms with Crippen LogP contribution in [0.4, 0.5) is 5.13 Å². The fourth-order valence-electron chi connectivity index (χ4n) is 2.66. The van der Waals surface area contributed by atoms with Crippen LogP contribution in [-0.2, 0) is 11.8 Å². The summed E-state index contributed by atoms with van der Waals surface area (Å²) in [4.78, 5) is 29.7. The van der Waals surface area contributed by atoms with Crippen LogP contribution in [0.5, 0.6) is 0 Å². The highest BCUT2D eigenvalue weighted by molar-refractivity contribution is 7.99. The quantitative estimate of drug-likeness (QED) is 0.559. The maximum Gasteiger partial charge on any atom is 0.251 e. The number of thioether (sulfide) groups is 1. The maximum absolute atomic E-state index is 12.5. The number of hydrogen-bond donors (Lipinski definition) is 2. The van der Waals surface area contributed by atoms with Gasteiger partial charge >= 0.3 is 0 Å². The van der Waals surface area contributed by atoms with Gasteiger partial charge in [0.05, 0.1) is 11.8 Å². The van der Waals surface area contributed by atoms with E-state index in [4.69, 9.17) is 0 Å². The van der Waals surface area contributed by atoms with Crippen LogP contribution in [0.15, 0.2) is 35.6 Å². The summed E-state index contributed by atoms with van der Waals surface area (Å²) in [6.07, 6.45) is 1.72. The minimum atomic E-state index is -0.331. The van der Waals surface area contributed by atoms with Gasteiger partial charge in [-0.25, -0.2) is 4.98 Å². The van der Waals surface area contributed by atoms with E-state index < -0.39 is 0 Å². The molecule has 0 saturated heterocycles. The molecule has 29 heavy (non-hydrogen) atoms. The minimum Gasteiger partial charge on any atom is -0.342 e. The van der Waals surface area contributed by atoms with E-state index in [9.17, 15) is 9.59 Å². The number of hydrogen-bond acceptors (Lipinski definition) is 7. The number of benzene rings is 1. The molecule has 1 aromatic carbocycles. The van der Waals surface area contributed by atoms with E-state index >= 15 is 0 Å². The smallest absolute Gasteiger partial charge is 0.251 e. The molecule has 10 heteroatoms. The Morgan fingerprint density at radius 3 is 2.76 bits per heavy atom. The molecule has 0 aliphatic rings. The third-order valence-electron chi connectivity index (χ3n) is 4.08. The first-order chi connectivity index (χ1) is 13.8. The average molecular weight is 431 g/mol. The number of nitrogens with one attached hydrogen (secondary N) is 2. The summed E-state index contributed by atoms with van der Waals surface area (Å²) in [5.74, 6) is 0.477. The molecule has 2 aromatic heterocycles. The zero-order chi connectivity index (χ0) is 21.0. The molecule has 1 atom stereocenters. The lowest BCUT2D eigenvalue weighted by Crippen LogP contribution is -2.28. The lowest BCUT2D eigenvalue weighted by molar-refractivity contribution is -0.113. The van der Waals surface area contributed by atoms with Gasteiger partial charge in [-0.1, -0.05) is 29.5 Å². The number of carbonyl (C=O) groups excluding carboxylic acids is 2. The van der Waals surface area contributed by atoms with Crippen molar-refractivity contribution in [3.8, 4) is 0 Å². The monoisotopic (exact) mass is 430 g/mol. The topological polar surface area (TPSA) is 102 Å². The Morgan fingerprint density at radius 1 is 1.28 bits per heavy atom. The molecule has 152 valence electrons. The van der Waals surface area contributed by atoms with Crippen LogP contribution in [0, 0.1) is 13.8 Å². The fourth-order valence-corrected chi connectivity index (χ4v) is 4.06. The van der Waals surface area contributed by atoms with Crippen molar-refractivity contribution in [3.63, 3.8) is 0 Å². The molecule has 0 unspecified atom stereocenters. The van der Waals surface area contributed by atoms with E-state index in [1.807, 2.05) is 46.0 Å². The Morgan fingerprint density at radius 2 is 2.07 bits per heavy atom. The summed E-state index contributed by atoms with van der Waals surface area (Å²) >= 11 is 2.71. The van der Waals surface area contributed by atoms with Crippen molar-refractivity contribution in [3.05, 3.63) is 52.3 Å². The van der Waals surface area contributed by atoms with Crippen LogP contribution in [0.3, 0.4) is 0 Å². The molecular formula is C19H22N6O2S2. The first-order valence-corrected chi connectivity index (χ1v) is 10.8. The Hall–Kier alpha value is -2.72. The van der Waals surface area contributed by atoms with Crippen LogP contribution >= 0.6 is 23.1 Å². The predicted molar refractivity (Wildman–Crippen MR) is 114 cm³/mol. The van der Waals surface area contributed by atoms with Gasteiger partial charge in [-0.2, -0.15) is 0 Å². The van der Waals surface area contributed by atoms with Crippen LogP contribution < -0.4 is 10.6 Å². The van der Waals surface area contributed by atoms with Gasteiger partial charge in [0.15, 0.2) is 16.1 Å². The second-order valence-corrected chi connectivity index (χ2v) is 8.75. The number of amides is 2. The highest BCUT2D eigenvalue weighted by Gasteiger charge is 2.19. The first-order valence-electron chi connectivity index (χ1n) is 8.95. The number of rotatable bonds is 7. The van der Waals surface area contributed by atoms with Gasteiger partial charge in [0.1, 0.15) is 0 Å². The number of anilines is 1. The molecule has 0 radical (unpaired) electrons. The largest absolute Gasteiger partial charge is 0.342 e. The zero-order valence-electron chi connectivity index (χ0n) is 16.6. The molecule has 0 saturated carbocycles. The van der Waals surface area contributed by atoms with Gasteiger partial charge in [0.2, 0.25) is 5.91 Å². The van der Waals surface area contributed by atoms with Crippen molar-refractivity contribution < 1.29 is 9.59 Å². The minimum absolute atomic E-state index is 0.158. The van der Waals surface area contributed by atoms with Gasteiger partial charge in [-0.3, -0.25) is 9.59 Å². The summed E-state index contributed by atoms with van der Waals surface area (Å²) < 4.78 is 1.78. The van der Waals surface area contributed by atoms with Crippen LogP contribution in [0.25, 0.3) is 0 Å². The average Bonchev–Trinajstić information content (AvgIpc) is 3.25. The normalized spacial score (nSPS) is 11.9. The molecule has 0 bridgehead atoms. The van der Waals surface area contributed by atoms with Gasteiger partial charge in [0, 0.05) is 23.7 Å². The van der Waals surface area contributed by atoms with Gasteiger partial charge in [-0.05, 0) is 32.9 Å². The van der Waals surface area contributed by atoms with E-state index in [2.05, 4.69) is 25.8 Å². The van der Waals surface area contributed by atoms with Crippen molar-refractivity contribution in [1.29, 1.82) is 0 Å². The Labute approximate surface area is 177 Å². The number of carbonyl (C=O) groups is 2. The number of thiazole rings is 1. The molecule has 3 aromatic rings. The predicted octanol–water partition coefficient (Wildman–Crippen LogP) is 3.11. The second kappa shape index (κ2) is 9.19. The molecule has 8 nitrogen and oxygen atoms in total. The van der Waals surface area contributed by atoms with E-state index in [-0.39, 0.29) is 23.6 Å². The van der Waals surface area contributed by atoms with Crippen molar-refractivity contribution in [2.75, 3.05) is 11.1 Å². The lowest BCUT2D eigenvalue weighted by atomic mass is 10.1. The van der Waals surface area contributed by atoms with Gasteiger partial charge in [-0.15, -0.1) is 21.5 Å². The summed E-state index contributed by atoms with van der Waals surface area (Å²) in [6.45, 7) is 5.73. The SMILES string of the molecule is Cc1cccc(C(=O)N[C@@H](C)c2nnc(SCC(=O)Nc3ncc(C)s3)n2C)c1. The summed E-state index contributed by atoms with van der Waals surface area (Å²) in [5.41, 5.74) is 1.62. The Balaban J connectivity index is 1.58. The van der Waals surface area contributed by atoms with Crippen molar-refractivity contribution >= 4 is 40.0 Å². The molecule has 0 fully saturated rings. The second-order valence-electron chi connectivity index (χ2n) is 6.58. The molecule has 2 heterocycles. The third-order valence-corrected chi connectivity index (χ3v) is 5.93. The fraction of sp³-hybridized carbons (Fsp3) is 0.316. The maximum atomic E-state index is 12.5. The molecule has 0 aliphatic carbocycles.